The monoisotopic (exact) mass is 369 g/mol. The number of nitrogens with zero attached hydrogens (tertiary/aromatic N) is 1. The van der Waals surface area contributed by atoms with Gasteiger partial charge in [0.15, 0.2) is 16.4 Å². The second-order valence-electron chi connectivity index (χ2n) is 6.21. The molecule has 0 radical (unpaired) electrons. The molecule has 0 saturated carbocycles. The second-order valence-corrected chi connectivity index (χ2v) is 8.44. The van der Waals surface area contributed by atoms with E-state index >= 15 is 0 Å². The van der Waals surface area contributed by atoms with E-state index in [0.717, 1.165) is 0 Å². The third-order valence-electron chi connectivity index (χ3n) is 4.41. The molecule has 0 aliphatic carbocycles. The molecule has 1 aromatic carbocycles. The highest BCUT2D eigenvalue weighted by atomic mass is 32.2. The van der Waals surface area contributed by atoms with Gasteiger partial charge in [-0.25, -0.2) is 13.2 Å². The van der Waals surface area contributed by atoms with Crippen LogP contribution in [0, 0.1) is 0 Å². The minimum Gasteiger partial charge on any atom is -0.507 e. The Bertz CT molecular complexity index is 745. The molecule has 1 fully saturated rings. The zero-order valence-electron chi connectivity index (χ0n) is 14.3. The van der Waals surface area contributed by atoms with E-state index in [1.807, 2.05) is 13.8 Å². The second kappa shape index (κ2) is 7.86. The summed E-state index contributed by atoms with van der Waals surface area (Å²) in [4.78, 5) is 26.1. The number of sulfone groups is 1. The number of benzene rings is 1. The van der Waals surface area contributed by atoms with E-state index in [1.165, 1.54) is 17.0 Å². The average molecular weight is 369 g/mol. The third-order valence-corrected chi connectivity index (χ3v) is 6.16. The van der Waals surface area contributed by atoms with Crippen molar-refractivity contribution < 1.29 is 27.9 Å². The molecule has 2 rings (SSSR count). The van der Waals surface area contributed by atoms with E-state index in [4.69, 9.17) is 4.74 Å². The molecule has 1 aliphatic rings. The summed E-state index contributed by atoms with van der Waals surface area (Å²) in [6.07, 6.45) is 1.06. The van der Waals surface area contributed by atoms with Crippen molar-refractivity contribution in [3.63, 3.8) is 0 Å². The lowest BCUT2D eigenvalue weighted by atomic mass is 10.1. The third kappa shape index (κ3) is 4.72. The van der Waals surface area contributed by atoms with Gasteiger partial charge < -0.3 is 14.7 Å². The molecule has 25 heavy (non-hydrogen) atoms. The van der Waals surface area contributed by atoms with Gasteiger partial charge in [0.1, 0.15) is 11.3 Å². The molecule has 7 nitrogen and oxygen atoms in total. The fraction of sp³-hybridized carbons (Fsp3) is 0.529. The quantitative estimate of drug-likeness (QED) is 0.760. The van der Waals surface area contributed by atoms with Crippen molar-refractivity contribution in [3.05, 3.63) is 29.8 Å². The largest absolute Gasteiger partial charge is 0.507 e. The van der Waals surface area contributed by atoms with Gasteiger partial charge in [0, 0.05) is 12.1 Å². The average Bonchev–Trinajstić information content (AvgIpc) is 2.92. The highest BCUT2D eigenvalue weighted by Crippen LogP contribution is 2.22. The van der Waals surface area contributed by atoms with Gasteiger partial charge in [-0.1, -0.05) is 19.1 Å². The molecule has 2 atom stereocenters. The Balaban J connectivity index is 2.05. The first-order valence-electron chi connectivity index (χ1n) is 8.22. The van der Waals surface area contributed by atoms with Crippen LogP contribution in [-0.4, -0.2) is 60.5 Å². The van der Waals surface area contributed by atoms with Crippen molar-refractivity contribution in [3.8, 4) is 5.75 Å². The number of carbonyl (C=O) groups is 2. The van der Waals surface area contributed by atoms with Crippen molar-refractivity contribution in [2.45, 2.75) is 38.8 Å². The Morgan fingerprint density at radius 2 is 2.04 bits per heavy atom. The fourth-order valence-corrected chi connectivity index (χ4v) is 4.64. The molecule has 1 saturated heterocycles. The minimum absolute atomic E-state index is 0.0196. The number of amides is 1. The topological polar surface area (TPSA) is 101 Å². The number of rotatable bonds is 6. The summed E-state index contributed by atoms with van der Waals surface area (Å²) < 4.78 is 28.5. The Kier molecular flexibility index (Phi) is 6.05. The normalized spacial score (nSPS) is 20.0. The number of ether oxygens (including phenoxy) is 1. The maximum absolute atomic E-state index is 12.6. The summed E-state index contributed by atoms with van der Waals surface area (Å²) in [6, 6.07) is 5.35. The van der Waals surface area contributed by atoms with Crippen LogP contribution in [0.1, 0.15) is 37.0 Å². The van der Waals surface area contributed by atoms with Crippen molar-refractivity contribution in [1.29, 1.82) is 0 Å². The first-order chi connectivity index (χ1) is 11.7. The van der Waals surface area contributed by atoms with Crippen molar-refractivity contribution >= 4 is 21.7 Å². The molecule has 1 amide bonds. The number of hydrogen-bond donors (Lipinski definition) is 1. The van der Waals surface area contributed by atoms with Gasteiger partial charge in [-0.15, -0.1) is 0 Å². The highest BCUT2D eigenvalue weighted by Gasteiger charge is 2.36. The lowest BCUT2D eigenvalue weighted by Crippen LogP contribution is -2.48. The molecular weight excluding hydrogens is 346 g/mol. The Hall–Kier alpha value is -2.09. The maximum atomic E-state index is 12.6. The number of carbonyl (C=O) groups excluding carboxylic acids is 2. The van der Waals surface area contributed by atoms with E-state index in [9.17, 15) is 23.1 Å². The SMILES string of the molecule is CC[C@@H](C)N(C(=O)COC(=O)c1ccccc1O)[C@H]1CCS(=O)(=O)C1. The fourth-order valence-electron chi connectivity index (χ4n) is 2.93. The molecule has 138 valence electrons. The molecular formula is C17H23NO6S. The standard InChI is InChI=1S/C17H23NO6S/c1-3-12(2)18(13-8-9-25(22,23)11-13)16(20)10-24-17(21)14-6-4-5-7-15(14)19/h4-7,12-13,19H,3,8-11H2,1-2H3/t12-,13+/m1/s1. The molecule has 0 aromatic heterocycles. The van der Waals surface area contributed by atoms with Gasteiger partial charge >= 0.3 is 5.97 Å². The van der Waals surface area contributed by atoms with Crippen molar-refractivity contribution in [2.75, 3.05) is 18.1 Å². The Labute approximate surface area is 147 Å². The van der Waals surface area contributed by atoms with Crippen LogP contribution < -0.4 is 0 Å². The van der Waals surface area contributed by atoms with Gasteiger partial charge in [-0.05, 0) is 31.9 Å². The predicted octanol–water partition coefficient (Wildman–Crippen LogP) is 1.36. The van der Waals surface area contributed by atoms with E-state index < -0.39 is 34.4 Å². The predicted molar refractivity (Wildman–Crippen MR) is 92.0 cm³/mol. The Morgan fingerprint density at radius 1 is 1.36 bits per heavy atom. The van der Waals surface area contributed by atoms with E-state index in [2.05, 4.69) is 0 Å². The summed E-state index contributed by atoms with van der Waals surface area (Å²) in [6.45, 7) is 3.25. The Morgan fingerprint density at radius 3 is 2.60 bits per heavy atom. The molecule has 0 spiro atoms. The first-order valence-corrected chi connectivity index (χ1v) is 10.0. The highest BCUT2D eigenvalue weighted by molar-refractivity contribution is 7.91. The van der Waals surface area contributed by atoms with Gasteiger partial charge in [-0.2, -0.15) is 0 Å². The molecule has 8 heteroatoms. The van der Waals surface area contributed by atoms with Crippen LogP contribution in [-0.2, 0) is 19.4 Å². The molecule has 1 heterocycles. The summed E-state index contributed by atoms with van der Waals surface area (Å²) in [5.74, 6) is -1.44. The van der Waals surface area contributed by atoms with Crippen LogP contribution in [0.25, 0.3) is 0 Å². The molecule has 1 aromatic rings. The molecule has 1 aliphatic heterocycles. The summed E-state index contributed by atoms with van der Waals surface area (Å²) in [7, 11) is -3.13. The summed E-state index contributed by atoms with van der Waals surface area (Å²) >= 11 is 0. The van der Waals surface area contributed by atoms with Gasteiger partial charge in [0.2, 0.25) is 0 Å². The smallest absolute Gasteiger partial charge is 0.342 e. The van der Waals surface area contributed by atoms with Crippen LogP contribution in [0.2, 0.25) is 0 Å². The van der Waals surface area contributed by atoms with E-state index in [1.54, 1.807) is 12.1 Å². The van der Waals surface area contributed by atoms with Gasteiger partial charge in [-0.3, -0.25) is 4.79 Å². The van der Waals surface area contributed by atoms with Crippen molar-refractivity contribution in [2.24, 2.45) is 0 Å². The zero-order valence-corrected chi connectivity index (χ0v) is 15.2. The van der Waals surface area contributed by atoms with Crippen molar-refractivity contribution in [1.82, 2.24) is 4.90 Å². The van der Waals surface area contributed by atoms with Crippen LogP contribution in [0.3, 0.4) is 0 Å². The number of phenols is 1. The number of hydrogen-bond acceptors (Lipinski definition) is 6. The van der Waals surface area contributed by atoms with E-state index in [-0.39, 0.29) is 28.9 Å². The number of aromatic hydroxyl groups is 1. The molecule has 0 unspecified atom stereocenters. The number of esters is 1. The lowest BCUT2D eigenvalue weighted by Gasteiger charge is -2.33. The first kappa shape index (κ1) is 19.2. The van der Waals surface area contributed by atoms with Crippen LogP contribution in [0.15, 0.2) is 24.3 Å². The lowest BCUT2D eigenvalue weighted by molar-refractivity contribution is -0.138. The molecule has 1 N–H and O–H groups in total. The molecule has 0 bridgehead atoms. The minimum atomic E-state index is -3.13. The van der Waals surface area contributed by atoms with Crippen LogP contribution in [0.5, 0.6) is 5.75 Å². The summed E-state index contributed by atoms with van der Waals surface area (Å²) in [5.41, 5.74) is -0.0196. The number of para-hydroxylation sites is 1. The maximum Gasteiger partial charge on any atom is 0.342 e. The van der Waals surface area contributed by atoms with E-state index in [0.29, 0.717) is 12.8 Å². The van der Waals surface area contributed by atoms with Gasteiger partial charge in [0.05, 0.1) is 11.5 Å². The summed E-state index contributed by atoms with van der Waals surface area (Å²) in [5, 5.41) is 9.65. The van der Waals surface area contributed by atoms with Crippen LogP contribution >= 0.6 is 0 Å². The van der Waals surface area contributed by atoms with Gasteiger partial charge in [0.25, 0.3) is 5.91 Å². The van der Waals surface area contributed by atoms with Crippen LogP contribution in [0.4, 0.5) is 0 Å². The zero-order chi connectivity index (χ0) is 18.6. The number of phenolic OH excluding ortho intramolecular Hbond substituents is 1.